The molecule has 0 aromatic rings. The minimum absolute atomic E-state index is 0.892. The Morgan fingerprint density at radius 2 is 1.00 bits per heavy atom. The van der Waals surface area contributed by atoms with Gasteiger partial charge in [0.25, 0.3) is 0 Å². The second-order valence-corrected chi connectivity index (χ2v) is 6.37. The lowest BCUT2D eigenvalue weighted by Gasteiger charge is -2.38. The zero-order valence-corrected chi connectivity index (χ0v) is 14.1. The zero-order valence-electron chi connectivity index (χ0n) is 14.1. The second kappa shape index (κ2) is 9.87. The third kappa shape index (κ3) is 4.94. The lowest BCUT2D eigenvalue weighted by molar-refractivity contribution is 0.110. The van der Waals surface area contributed by atoms with Crippen molar-refractivity contribution in [3.05, 3.63) is 0 Å². The molecule has 110 valence electrons. The van der Waals surface area contributed by atoms with Crippen molar-refractivity contribution in [3.63, 3.8) is 0 Å². The van der Waals surface area contributed by atoms with E-state index in [0.717, 1.165) is 29.6 Å². The standard InChI is InChI=1S/C18H38/c1-8-13-15(7)17(11-4)18(12-5)16(10-3)14(6)9-2/h14-18H,8-13H2,1-7H3. The maximum Gasteiger partial charge on any atom is -0.0355 e. The molecule has 0 nitrogen and oxygen atoms in total. The third-order valence-corrected chi connectivity index (χ3v) is 5.36. The largest absolute Gasteiger partial charge is 0.0654 e. The van der Waals surface area contributed by atoms with Crippen molar-refractivity contribution in [3.8, 4) is 0 Å². The van der Waals surface area contributed by atoms with Gasteiger partial charge in [0, 0.05) is 0 Å². The summed E-state index contributed by atoms with van der Waals surface area (Å²) in [5.74, 6) is 4.61. The summed E-state index contributed by atoms with van der Waals surface area (Å²) >= 11 is 0. The SMILES string of the molecule is CCCC(C)C(CC)C(CC)C(CC)C(C)CC. The average Bonchev–Trinajstić information content (AvgIpc) is 2.38. The van der Waals surface area contributed by atoms with Crippen LogP contribution in [0, 0.1) is 29.6 Å². The molecule has 0 bridgehead atoms. The summed E-state index contributed by atoms with van der Waals surface area (Å²) in [7, 11) is 0. The molecule has 0 heteroatoms. The molecule has 0 aromatic heterocycles. The molecule has 0 fully saturated rings. The molecule has 0 heterocycles. The van der Waals surface area contributed by atoms with Crippen molar-refractivity contribution in [2.75, 3.05) is 0 Å². The zero-order chi connectivity index (χ0) is 14.1. The smallest absolute Gasteiger partial charge is 0.0355 e. The van der Waals surface area contributed by atoms with Crippen LogP contribution in [-0.2, 0) is 0 Å². The van der Waals surface area contributed by atoms with Crippen LogP contribution in [-0.4, -0.2) is 0 Å². The van der Waals surface area contributed by atoms with Gasteiger partial charge in [0.05, 0.1) is 0 Å². The normalized spacial score (nSPS) is 20.2. The highest BCUT2D eigenvalue weighted by Gasteiger charge is 2.31. The first-order valence-corrected chi connectivity index (χ1v) is 8.56. The Balaban J connectivity index is 4.86. The Bertz CT molecular complexity index is 184. The van der Waals surface area contributed by atoms with Crippen LogP contribution >= 0.6 is 0 Å². The Kier molecular flexibility index (Phi) is 9.87. The number of rotatable bonds is 10. The van der Waals surface area contributed by atoms with Gasteiger partial charge in [-0.15, -0.1) is 0 Å². The van der Waals surface area contributed by atoms with E-state index in [1.807, 2.05) is 0 Å². The molecular formula is C18H38. The van der Waals surface area contributed by atoms with Gasteiger partial charge in [-0.2, -0.15) is 0 Å². The fraction of sp³-hybridized carbons (Fsp3) is 1.00. The topological polar surface area (TPSA) is 0 Å². The number of hydrogen-bond donors (Lipinski definition) is 0. The molecule has 0 aliphatic heterocycles. The highest BCUT2D eigenvalue weighted by Crippen LogP contribution is 2.40. The fourth-order valence-corrected chi connectivity index (χ4v) is 4.15. The first-order chi connectivity index (χ1) is 8.56. The molecule has 0 spiro atoms. The molecule has 0 radical (unpaired) electrons. The minimum atomic E-state index is 0.892. The molecule has 0 aliphatic carbocycles. The van der Waals surface area contributed by atoms with Crippen LogP contribution in [0.1, 0.15) is 87.0 Å². The predicted molar refractivity (Wildman–Crippen MR) is 84.9 cm³/mol. The quantitative estimate of drug-likeness (QED) is 0.415. The van der Waals surface area contributed by atoms with Crippen LogP contribution in [0.5, 0.6) is 0 Å². The Morgan fingerprint density at radius 1 is 0.556 bits per heavy atom. The lowest BCUT2D eigenvalue weighted by Crippen LogP contribution is -2.30. The maximum absolute atomic E-state index is 2.49. The van der Waals surface area contributed by atoms with Gasteiger partial charge in [-0.25, -0.2) is 0 Å². The molecule has 5 unspecified atom stereocenters. The highest BCUT2D eigenvalue weighted by atomic mass is 14.4. The van der Waals surface area contributed by atoms with E-state index in [9.17, 15) is 0 Å². The molecule has 18 heavy (non-hydrogen) atoms. The fourth-order valence-electron chi connectivity index (χ4n) is 4.15. The van der Waals surface area contributed by atoms with Crippen molar-refractivity contribution >= 4 is 0 Å². The van der Waals surface area contributed by atoms with Crippen molar-refractivity contribution in [1.29, 1.82) is 0 Å². The van der Waals surface area contributed by atoms with Crippen molar-refractivity contribution in [2.45, 2.75) is 87.0 Å². The van der Waals surface area contributed by atoms with Gasteiger partial charge < -0.3 is 0 Å². The Hall–Kier alpha value is 0. The first-order valence-electron chi connectivity index (χ1n) is 8.56. The van der Waals surface area contributed by atoms with Gasteiger partial charge in [-0.3, -0.25) is 0 Å². The van der Waals surface area contributed by atoms with Gasteiger partial charge in [0.1, 0.15) is 0 Å². The summed E-state index contributed by atoms with van der Waals surface area (Å²) in [4.78, 5) is 0. The summed E-state index contributed by atoms with van der Waals surface area (Å²) in [6.07, 6.45) is 8.19. The molecule has 5 atom stereocenters. The van der Waals surface area contributed by atoms with Crippen LogP contribution < -0.4 is 0 Å². The van der Waals surface area contributed by atoms with Gasteiger partial charge in [-0.1, -0.05) is 87.0 Å². The number of hydrogen-bond acceptors (Lipinski definition) is 0. The van der Waals surface area contributed by atoms with Crippen molar-refractivity contribution < 1.29 is 0 Å². The predicted octanol–water partition coefficient (Wildman–Crippen LogP) is 6.55. The lowest BCUT2D eigenvalue weighted by atomic mass is 9.67. The van der Waals surface area contributed by atoms with E-state index in [1.165, 1.54) is 38.5 Å². The molecule has 0 rings (SSSR count). The summed E-state index contributed by atoms with van der Waals surface area (Å²) in [5, 5.41) is 0. The van der Waals surface area contributed by atoms with E-state index in [0.29, 0.717) is 0 Å². The van der Waals surface area contributed by atoms with Crippen LogP contribution in [0.15, 0.2) is 0 Å². The summed E-state index contributed by atoms with van der Waals surface area (Å²) < 4.78 is 0. The van der Waals surface area contributed by atoms with Crippen molar-refractivity contribution in [1.82, 2.24) is 0 Å². The van der Waals surface area contributed by atoms with E-state index in [-0.39, 0.29) is 0 Å². The minimum Gasteiger partial charge on any atom is -0.0654 e. The average molecular weight is 255 g/mol. The van der Waals surface area contributed by atoms with Crippen LogP contribution in [0.4, 0.5) is 0 Å². The monoisotopic (exact) mass is 254 g/mol. The molecule has 0 amide bonds. The molecule has 0 aromatic carbocycles. The van der Waals surface area contributed by atoms with Gasteiger partial charge in [0.2, 0.25) is 0 Å². The first kappa shape index (κ1) is 18.0. The van der Waals surface area contributed by atoms with Gasteiger partial charge in [-0.05, 0) is 29.6 Å². The van der Waals surface area contributed by atoms with E-state index in [4.69, 9.17) is 0 Å². The van der Waals surface area contributed by atoms with Crippen LogP contribution in [0.2, 0.25) is 0 Å². The maximum atomic E-state index is 2.49. The van der Waals surface area contributed by atoms with E-state index >= 15 is 0 Å². The Labute approximate surface area is 117 Å². The van der Waals surface area contributed by atoms with Gasteiger partial charge >= 0.3 is 0 Å². The van der Waals surface area contributed by atoms with E-state index in [1.54, 1.807) is 0 Å². The molecule has 0 N–H and O–H groups in total. The van der Waals surface area contributed by atoms with Crippen LogP contribution in [0.25, 0.3) is 0 Å². The third-order valence-electron chi connectivity index (χ3n) is 5.36. The van der Waals surface area contributed by atoms with Crippen LogP contribution in [0.3, 0.4) is 0 Å². The summed E-state index contributed by atoms with van der Waals surface area (Å²) in [5.41, 5.74) is 0. The second-order valence-electron chi connectivity index (χ2n) is 6.37. The van der Waals surface area contributed by atoms with Gasteiger partial charge in [0.15, 0.2) is 0 Å². The molecule has 0 aliphatic rings. The van der Waals surface area contributed by atoms with Crippen molar-refractivity contribution in [2.24, 2.45) is 29.6 Å². The summed E-state index contributed by atoms with van der Waals surface area (Å²) in [6, 6.07) is 0. The molecule has 0 saturated heterocycles. The highest BCUT2D eigenvalue weighted by molar-refractivity contribution is 4.81. The van der Waals surface area contributed by atoms with E-state index < -0.39 is 0 Å². The Morgan fingerprint density at radius 3 is 1.33 bits per heavy atom. The molecular weight excluding hydrogens is 216 g/mol. The summed E-state index contributed by atoms with van der Waals surface area (Å²) in [6.45, 7) is 16.9. The van der Waals surface area contributed by atoms with E-state index in [2.05, 4.69) is 48.5 Å². The molecule has 0 saturated carbocycles.